The van der Waals surface area contributed by atoms with Gasteiger partial charge in [-0.2, -0.15) is 0 Å². The van der Waals surface area contributed by atoms with Crippen molar-refractivity contribution in [2.75, 3.05) is 13.2 Å². The first-order chi connectivity index (χ1) is 18.4. The van der Waals surface area contributed by atoms with Crippen molar-refractivity contribution in [3.63, 3.8) is 0 Å². The zero-order valence-corrected chi connectivity index (χ0v) is 24.2. The monoisotopic (exact) mass is 544 g/mol. The van der Waals surface area contributed by atoms with Crippen LogP contribution in [0.15, 0.2) is 16.8 Å². The Labute approximate surface area is 233 Å². The van der Waals surface area contributed by atoms with E-state index in [-0.39, 0.29) is 47.4 Å². The number of carboxylic acids is 1. The van der Waals surface area contributed by atoms with Crippen molar-refractivity contribution >= 4 is 17.6 Å². The number of nitrogens with one attached hydrogen (secondary N) is 1. The Morgan fingerprint density at radius 3 is 2.64 bits per heavy atom. The molecule has 8 heteroatoms. The third-order valence-corrected chi connectivity index (χ3v) is 11.3. The molecule has 3 saturated carbocycles. The molecule has 1 amide bonds. The number of aliphatic hydroxyl groups excluding tert-OH is 1. The molecular formula is C31H48N2O6. The highest BCUT2D eigenvalue weighted by atomic mass is 16.6. The van der Waals surface area contributed by atoms with Crippen LogP contribution in [0.25, 0.3) is 0 Å². The van der Waals surface area contributed by atoms with Crippen molar-refractivity contribution in [3.05, 3.63) is 11.6 Å². The van der Waals surface area contributed by atoms with Gasteiger partial charge in [0.2, 0.25) is 0 Å². The number of oxime groups is 1. The summed E-state index contributed by atoms with van der Waals surface area (Å²) in [6.07, 6.45) is 11.9. The molecule has 1 aliphatic heterocycles. The zero-order chi connectivity index (χ0) is 28.0. The van der Waals surface area contributed by atoms with Crippen LogP contribution in [0, 0.1) is 34.5 Å². The number of amides is 1. The van der Waals surface area contributed by atoms with E-state index < -0.39 is 12.0 Å². The molecule has 0 aromatic carbocycles. The number of nitrogens with zero attached hydrogens (tertiary/aromatic N) is 1. The smallest absolute Gasteiger partial charge is 0.305 e. The van der Waals surface area contributed by atoms with Gasteiger partial charge in [0.1, 0.15) is 0 Å². The van der Waals surface area contributed by atoms with Crippen molar-refractivity contribution in [2.45, 2.75) is 116 Å². The van der Waals surface area contributed by atoms with Gasteiger partial charge in [0, 0.05) is 12.6 Å². The van der Waals surface area contributed by atoms with Gasteiger partial charge < -0.3 is 25.1 Å². The lowest BCUT2D eigenvalue weighted by molar-refractivity contribution is -0.139. The second-order valence-corrected chi connectivity index (χ2v) is 14.1. The lowest BCUT2D eigenvalue weighted by Gasteiger charge is -2.57. The fraction of sp³-hybridized carbons (Fsp3) is 0.839. The van der Waals surface area contributed by atoms with Crippen molar-refractivity contribution < 1.29 is 29.4 Å². The summed E-state index contributed by atoms with van der Waals surface area (Å²) < 4.78 is 5.77. The summed E-state index contributed by atoms with van der Waals surface area (Å²) in [4.78, 5) is 29.7. The summed E-state index contributed by atoms with van der Waals surface area (Å²) in [7, 11) is 0. The highest BCUT2D eigenvalue weighted by Crippen LogP contribution is 2.65. The maximum absolute atomic E-state index is 12.7. The minimum Gasteiger partial charge on any atom is -0.481 e. The molecule has 218 valence electrons. The van der Waals surface area contributed by atoms with Crippen molar-refractivity contribution in [1.29, 1.82) is 0 Å². The Morgan fingerprint density at radius 1 is 1.10 bits per heavy atom. The Kier molecular flexibility index (Phi) is 7.92. The molecule has 8 atom stereocenters. The van der Waals surface area contributed by atoms with Gasteiger partial charge in [-0.1, -0.05) is 24.6 Å². The summed E-state index contributed by atoms with van der Waals surface area (Å²) in [5, 5.41) is 27.3. The van der Waals surface area contributed by atoms with E-state index in [9.17, 15) is 19.8 Å². The van der Waals surface area contributed by atoms with Crippen LogP contribution in [-0.4, -0.2) is 58.8 Å². The van der Waals surface area contributed by atoms with Crippen LogP contribution >= 0.6 is 0 Å². The van der Waals surface area contributed by atoms with E-state index in [0.717, 1.165) is 50.7 Å². The van der Waals surface area contributed by atoms with Crippen molar-refractivity contribution in [1.82, 2.24) is 5.32 Å². The van der Waals surface area contributed by atoms with Crippen LogP contribution < -0.4 is 5.32 Å². The number of carboxylic acid groups (broad SMARTS) is 1. The SMILES string of the molecule is CC1(C)C[C@H]([C@H](CC(=O)O)NC(=O)CON=C2C=C3CC[C@H]4[C@@H](CC[C@]5(C)[C@H](O)CC[C@@H]45)[C@@]3(C)CC2)CCO1. The average Bonchev–Trinajstić information content (AvgIpc) is 3.17. The minimum atomic E-state index is -0.927. The second-order valence-electron chi connectivity index (χ2n) is 14.1. The number of carbonyl (C=O) groups is 2. The minimum absolute atomic E-state index is 0.0427. The molecule has 0 bridgehead atoms. The Bertz CT molecular complexity index is 1020. The highest BCUT2D eigenvalue weighted by Gasteiger charge is 2.58. The normalized spacial score (nSPS) is 41.0. The van der Waals surface area contributed by atoms with Gasteiger partial charge in [0.05, 0.1) is 23.8 Å². The lowest BCUT2D eigenvalue weighted by Crippen LogP contribution is -2.51. The number of hydrogen-bond acceptors (Lipinski definition) is 6. The standard InChI is InChI=1S/C31H48N2O6/c1-29(2)17-19(11-14-38-29)25(16-28(36)37)32-27(35)18-39-33-21-9-12-30(3)20(15-21)5-6-22-23-7-8-26(34)31(23,4)13-10-24(22)30/h15,19,22-26,34H,5-14,16-18H2,1-4H3,(H,32,35)(H,36,37)/t19-,22-,23+,24-,25+,26-,30+,31+/m1/s1. The molecule has 0 radical (unpaired) electrons. The van der Waals surface area contributed by atoms with E-state index in [0.29, 0.717) is 30.8 Å². The van der Waals surface area contributed by atoms with Crippen LogP contribution in [0.4, 0.5) is 0 Å². The Hall–Kier alpha value is -1.93. The first-order valence-electron chi connectivity index (χ1n) is 15.1. The lowest BCUT2D eigenvalue weighted by atomic mass is 9.47. The van der Waals surface area contributed by atoms with E-state index in [1.165, 1.54) is 18.4 Å². The van der Waals surface area contributed by atoms with Crippen molar-refractivity contribution in [3.8, 4) is 0 Å². The van der Waals surface area contributed by atoms with E-state index >= 15 is 0 Å². The number of ether oxygens (including phenoxy) is 1. The number of allylic oxidation sites excluding steroid dienone is 2. The molecule has 39 heavy (non-hydrogen) atoms. The van der Waals surface area contributed by atoms with Crippen LogP contribution in [0.1, 0.15) is 98.3 Å². The predicted molar refractivity (Wildman–Crippen MR) is 148 cm³/mol. The predicted octanol–water partition coefficient (Wildman–Crippen LogP) is 4.85. The molecule has 5 rings (SSSR count). The van der Waals surface area contributed by atoms with Gasteiger partial charge in [-0.25, -0.2) is 0 Å². The fourth-order valence-corrected chi connectivity index (χ4v) is 9.18. The average molecular weight is 545 g/mol. The number of aliphatic carboxylic acids is 1. The number of rotatable bonds is 7. The molecule has 0 spiro atoms. The van der Waals surface area contributed by atoms with Crippen molar-refractivity contribution in [2.24, 2.45) is 39.7 Å². The van der Waals surface area contributed by atoms with Gasteiger partial charge >= 0.3 is 5.97 Å². The number of fused-ring (bicyclic) bond motifs is 5. The van der Waals surface area contributed by atoms with Gasteiger partial charge in [-0.3, -0.25) is 9.59 Å². The number of carbonyl (C=O) groups excluding carboxylic acids is 1. The first-order valence-corrected chi connectivity index (χ1v) is 15.1. The molecule has 4 aliphatic carbocycles. The third-order valence-electron chi connectivity index (χ3n) is 11.3. The van der Waals surface area contributed by atoms with Crippen LogP contribution in [0.2, 0.25) is 0 Å². The molecule has 4 fully saturated rings. The molecule has 1 heterocycles. The molecule has 0 unspecified atom stereocenters. The van der Waals surface area contributed by atoms with Gasteiger partial charge in [0.25, 0.3) is 5.91 Å². The van der Waals surface area contributed by atoms with Crippen LogP contribution in [0.5, 0.6) is 0 Å². The third kappa shape index (κ3) is 5.65. The van der Waals surface area contributed by atoms with E-state index in [4.69, 9.17) is 9.57 Å². The maximum Gasteiger partial charge on any atom is 0.305 e. The molecule has 0 aromatic heterocycles. The summed E-state index contributed by atoms with van der Waals surface area (Å²) >= 11 is 0. The van der Waals surface area contributed by atoms with Crippen LogP contribution in [-0.2, 0) is 19.2 Å². The molecule has 3 N–H and O–H groups in total. The quantitative estimate of drug-likeness (QED) is 0.395. The Balaban J connectivity index is 1.18. The maximum atomic E-state index is 12.7. The van der Waals surface area contributed by atoms with Gasteiger partial charge in [-0.05, 0) is 119 Å². The number of hydrogen-bond donors (Lipinski definition) is 3. The topological polar surface area (TPSA) is 117 Å². The second kappa shape index (κ2) is 10.8. The summed E-state index contributed by atoms with van der Waals surface area (Å²) in [5.74, 6) is 0.772. The highest BCUT2D eigenvalue weighted by molar-refractivity contribution is 5.96. The van der Waals surface area contributed by atoms with Gasteiger partial charge in [0.15, 0.2) is 6.61 Å². The summed E-state index contributed by atoms with van der Waals surface area (Å²) in [6.45, 7) is 9.10. The fourth-order valence-electron chi connectivity index (χ4n) is 9.18. The van der Waals surface area contributed by atoms with E-state index in [2.05, 4.69) is 30.4 Å². The molecule has 5 aliphatic rings. The molecular weight excluding hydrogens is 496 g/mol. The summed E-state index contributed by atoms with van der Waals surface area (Å²) in [6, 6.07) is -0.458. The van der Waals surface area contributed by atoms with E-state index in [1.807, 2.05) is 13.8 Å². The first kappa shape index (κ1) is 28.6. The molecule has 8 nitrogen and oxygen atoms in total. The summed E-state index contributed by atoms with van der Waals surface area (Å²) in [5.41, 5.74) is 2.30. The van der Waals surface area contributed by atoms with Gasteiger partial charge in [-0.15, -0.1) is 0 Å². The zero-order valence-electron chi connectivity index (χ0n) is 24.2. The van der Waals surface area contributed by atoms with E-state index in [1.54, 1.807) is 0 Å². The number of aliphatic hydroxyl groups is 1. The van der Waals surface area contributed by atoms with Crippen LogP contribution in [0.3, 0.4) is 0 Å². The molecule has 0 aromatic rings. The largest absolute Gasteiger partial charge is 0.481 e. The molecule has 1 saturated heterocycles. The Morgan fingerprint density at radius 2 is 1.90 bits per heavy atom.